The predicted octanol–water partition coefficient (Wildman–Crippen LogP) is 4.60. The lowest BCUT2D eigenvalue weighted by Gasteiger charge is -2.14. The first-order valence-corrected chi connectivity index (χ1v) is 11.4. The van der Waals surface area contributed by atoms with Gasteiger partial charge in [-0.05, 0) is 38.1 Å². The first-order chi connectivity index (χ1) is 15.7. The molecule has 0 bridgehead atoms. The maximum atomic E-state index is 13.1. The third-order valence-electron chi connectivity index (χ3n) is 4.47. The van der Waals surface area contributed by atoms with Gasteiger partial charge < -0.3 is 14.2 Å². The fourth-order valence-corrected chi connectivity index (χ4v) is 3.66. The Morgan fingerprint density at radius 2 is 2.06 bits per heavy atom. The number of ether oxygens (including phenoxy) is 3. The number of esters is 1. The number of hydrogen-bond acceptors (Lipinski definition) is 7. The minimum absolute atomic E-state index is 0.244. The van der Waals surface area contributed by atoms with Crippen molar-refractivity contribution in [2.45, 2.75) is 33.3 Å². The van der Waals surface area contributed by atoms with Crippen molar-refractivity contribution < 1.29 is 19.0 Å². The number of rotatable bonds is 8. The standard InChI is InChI=1S/C23H23BrClN3O5/c1-5-20-27-18-7-6-15(24)9-17(18)23(30)28(20)26-11-14-8-16(25)10-19(31-4)22(14)32-12-21(29)33-13(2)3/h6-11,13H,5,12H2,1-4H3. The zero-order valence-electron chi connectivity index (χ0n) is 18.6. The molecule has 10 heteroatoms. The summed E-state index contributed by atoms with van der Waals surface area (Å²) in [6.45, 7) is 5.05. The van der Waals surface area contributed by atoms with Crippen LogP contribution in [0.5, 0.6) is 11.5 Å². The molecule has 174 valence electrons. The van der Waals surface area contributed by atoms with Crippen LogP contribution in [0, 0.1) is 0 Å². The second kappa shape index (κ2) is 10.8. The number of carbonyl (C=O) groups is 1. The van der Waals surface area contributed by atoms with Gasteiger partial charge in [0.25, 0.3) is 5.56 Å². The third-order valence-corrected chi connectivity index (χ3v) is 5.19. The van der Waals surface area contributed by atoms with Crippen LogP contribution in [-0.2, 0) is 16.0 Å². The predicted molar refractivity (Wildman–Crippen MR) is 131 cm³/mol. The van der Waals surface area contributed by atoms with Gasteiger partial charge in [-0.2, -0.15) is 9.78 Å². The molecule has 0 aliphatic rings. The van der Waals surface area contributed by atoms with E-state index in [-0.39, 0.29) is 24.0 Å². The van der Waals surface area contributed by atoms with Crippen LogP contribution in [0.2, 0.25) is 5.02 Å². The number of aryl methyl sites for hydroxylation is 1. The lowest BCUT2D eigenvalue weighted by atomic mass is 10.2. The minimum atomic E-state index is -0.529. The third kappa shape index (κ3) is 5.91. The average Bonchev–Trinajstić information content (AvgIpc) is 2.76. The lowest BCUT2D eigenvalue weighted by molar-refractivity contribution is -0.149. The van der Waals surface area contributed by atoms with Gasteiger partial charge in [0.2, 0.25) is 0 Å². The SMILES string of the molecule is CCc1nc2ccc(Br)cc2c(=O)n1N=Cc1cc(Cl)cc(OC)c1OCC(=O)OC(C)C. The number of carbonyl (C=O) groups excluding carboxylic acids is 1. The van der Waals surface area contributed by atoms with Gasteiger partial charge in [0, 0.05) is 27.5 Å². The fraction of sp³-hybridized carbons (Fsp3) is 0.304. The molecule has 0 unspecified atom stereocenters. The highest BCUT2D eigenvalue weighted by atomic mass is 79.9. The summed E-state index contributed by atoms with van der Waals surface area (Å²) in [4.78, 5) is 29.6. The first-order valence-electron chi connectivity index (χ1n) is 10.2. The van der Waals surface area contributed by atoms with Crippen LogP contribution >= 0.6 is 27.5 Å². The Labute approximate surface area is 204 Å². The molecule has 0 atom stereocenters. The van der Waals surface area contributed by atoms with Crippen molar-refractivity contribution in [3.8, 4) is 11.5 Å². The molecule has 1 aromatic heterocycles. The summed E-state index contributed by atoms with van der Waals surface area (Å²) in [5.41, 5.74) is 0.690. The molecule has 0 radical (unpaired) electrons. The molecule has 0 spiro atoms. The van der Waals surface area contributed by atoms with Gasteiger partial charge in [-0.25, -0.2) is 9.78 Å². The van der Waals surface area contributed by atoms with Crippen molar-refractivity contribution in [2.75, 3.05) is 13.7 Å². The average molecular weight is 537 g/mol. The molecule has 8 nitrogen and oxygen atoms in total. The summed E-state index contributed by atoms with van der Waals surface area (Å²) in [5, 5.41) is 5.17. The van der Waals surface area contributed by atoms with E-state index in [1.807, 2.05) is 13.0 Å². The number of fused-ring (bicyclic) bond motifs is 1. The lowest BCUT2D eigenvalue weighted by Crippen LogP contribution is -2.22. The Hall–Kier alpha value is -2.91. The van der Waals surface area contributed by atoms with Gasteiger partial charge in [0.1, 0.15) is 5.82 Å². The highest BCUT2D eigenvalue weighted by molar-refractivity contribution is 9.10. The van der Waals surface area contributed by atoms with Crippen molar-refractivity contribution in [1.82, 2.24) is 9.66 Å². The Kier molecular flexibility index (Phi) is 8.10. The Balaban J connectivity index is 2.05. The summed E-state index contributed by atoms with van der Waals surface area (Å²) in [7, 11) is 1.46. The second-order valence-corrected chi connectivity index (χ2v) is 8.61. The Morgan fingerprint density at radius 3 is 2.73 bits per heavy atom. The fourth-order valence-electron chi connectivity index (χ4n) is 3.08. The van der Waals surface area contributed by atoms with Crippen LogP contribution in [0.15, 0.2) is 44.7 Å². The van der Waals surface area contributed by atoms with Crippen molar-refractivity contribution >= 4 is 50.6 Å². The van der Waals surface area contributed by atoms with Crippen LogP contribution in [0.25, 0.3) is 10.9 Å². The van der Waals surface area contributed by atoms with E-state index in [1.54, 1.807) is 38.1 Å². The van der Waals surface area contributed by atoms with Gasteiger partial charge in [-0.1, -0.05) is 34.5 Å². The van der Waals surface area contributed by atoms with Gasteiger partial charge in [-0.3, -0.25) is 4.79 Å². The largest absolute Gasteiger partial charge is 0.493 e. The Bertz CT molecular complexity index is 1270. The van der Waals surface area contributed by atoms with E-state index < -0.39 is 5.97 Å². The van der Waals surface area contributed by atoms with Crippen LogP contribution in [0.4, 0.5) is 0 Å². The Morgan fingerprint density at radius 1 is 1.30 bits per heavy atom. The number of nitrogens with zero attached hydrogens (tertiary/aromatic N) is 3. The molecule has 0 N–H and O–H groups in total. The van der Waals surface area contributed by atoms with E-state index in [9.17, 15) is 9.59 Å². The summed E-state index contributed by atoms with van der Waals surface area (Å²) >= 11 is 9.61. The molecule has 0 saturated carbocycles. The van der Waals surface area contributed by atoms with Crippen LogP contribution in [0.3, 0.4) is 0 Å². The molecule has 3 aromatic rings. The normalized spacial score (nSPS) is 11.4. The zero-order chi connectivity index (χ0) is 24.1. The van der Waals surface area contributed by atoms with Crippen LogP contribution in [-0.4, -0.2) is 41.7 Å². The van der Waals surface area contributed by atoms with E-state index in [2.05, 4.69) is 26.0 Å². The van der Waals surface area contributed by atoms with Gasteiger partial charge in [-0.15, -0.1) is 0 Å². The van der Waals surface area contributed by atoms with Crippen molar-refractivity contribution in [3.63, 3.8) is 0 Å². The molecule has 0 fully saturated rings. The topological polar surface area (TPSA) is 92.0 Å². The summed E-state index contributed by atoms with van der Waals surface area (Å²) in [6, 6.07) is 8.46. The number of methoxy groups -OCH3 is 1. The van der Waals surface area contributed by atoms with Crippen LogP contribution in [0.1, 0.15) is 32.2 Å². The van der Waals surface area contributed by atoms with Crippen LogP contribution < -0.4 is 15.0 Å². The second-order valence-electron chi connectivity index (χ2n) is 7.26. The maximum Gasteiger partial charge on any atom is 0.344 e. The smallest absolute Gasteiger partial charge is 0.344 e. The van der Waals surface area contributed by atoms with Gasteiger partial charge >= 0.3 is 5.97 Å². The summed E-state index contributed by atoms with van der Waals surface area (Å²) < 4.78 is 18.2. The summed E-state index contributed by atoms with van der Waals surface area (Å²) in [6.07, 6.45) is 1.64. The van der Waals surface area contributed by atoms with E-state index in [0.717, 1.165) is 4.47 Å². The van der Waals surface area contributed by atoms with E-state index in [1.165, 1.54) is 18.0 Å². The van der Waals surface area contributed by atoms with Gasteiger partial charge in [0.15, 0.2) is 18.1 Å². The molecule has 0 amide bonds. The molecule has 0 aliphatic carbocycles. The molecule has 3 rings (SSSR count). The molecular formula is C23H23BrClN3O5. The molecule has 1 heterocycles. The number of halogens is 2. The van der Waals surface area contributed by atoms with E-state index in [4.69, 9.17) is 25.8 Å². The number of aromatic nitrogens is 2. The monoisotopic (exact) mass is 535 g/mol. The van der Waals surface area contributed by atoms with E-state index >= 15 is 0 Å². The van der Waals surface area contributed by atoms with Crippen molar-refractivity contribution in [1.29, 1.82) is 0 Å². The number of benzene rings is 2. The zero-order valence-corrected chi connectivity index (χ0v) is 20.9. The number of hydrogen-bond donors (Lipinski definition) is 0. The molecule has 0 saturated heterocycles. The highest BCUT2D eigenvalue weighted by Crippen LogP contribution is 2.34. The van der Waals surface area contributed by atoms with E-state index in [0.29, 0.717) is 39.5 Å². The molecule has 0 aliphatic heterocycles. The maximum absolute atomic E-state index is 13.1. The molecule has 2 aromatic carbocycles. The van der Waals surface area contributed by atoms with Gasteiger partial charge in [0.05, 0.1) is 30.3 Å². The highest BCUT2D eigenvalue weighted by Gasteiger charge is 2.16. The minimum Gasteiger partial charge on any atom is -0.493 e. The quantitative estimate of drug-likeness (QED) is 0.309. The molecule has 33 heavy (non-hydrogen) atoms. The molecular weight excluding hydrogens is 514 g/mol. The van der Waals surface area contributed by atoms with Crippen molar-refractivity contribution in [3.05, 3.63) is 61.6 Å². The summed E-state index contributed by atoms with van der Waals surface area (Å²) in [5.74, 6) is 0.514. The van der Waals surface area contributed by atoms with Crippen molar-refractivity contribution in [2.24, 2.45) is 5.10 Å². The first kappa shape index (κ1) is 24.7.